The number of fused-ring (bicyclic) bond motifs is 1. The minimum atomic E-state index is 0.271. The maximum atomic E-state index is 12.5. The van der Waals surface area contributed by atoms with E-state index in [1.807, 2.05) is 18.5 Å². The van der Waals surface area contributed by atoms with Gasteiger partial charge >= 0.3 is 0 Å². The molecule has 7 nitrogen and oxygen atoms in total. The van der Waals surface area contributed by atoms with Crippen LogP contribution in [0.3, 0.4) is 0 Å². The average molecular weight is 479 g/mol. The molecule has 2 aromatic heterocycles. The molecule has 4 aromatic rings. The largest absolute Gasteiger partial charge is 0.352 e. The summed E-state index contributed by atoms with van der Waals surface area (Å²) in [5.41, 5.74) is 5.11. The van der Waals surface area contributed by atoms with Crippen molar-refractivity contribution in [3.8, 4) is 11.1 Å². The van der Waals surface area contributed by atoms with Gasteiger partial charge in [0.25, 0.3) is 0 Å². The fraction of sp³-hybridized carbons (Fsp3) is 0.345. The number of hydrogen-bond donors (Lipinski definition) is 0. The Morgan fingerprint density at radius 3 is 2.22 bits per heavy atom. The molecule has 182 valence electrons. The summed E-state index contributed by atoms with van der Waals surface area (Å²) >= 11 is 0. The Morgan fingerprint density at radius 1 is 0.778 bits per heavy atom. The molecule has 0 unspecified atom stereocenters. The van der Waals surface area contributed by atoms with E-state index in [0.29, 0.717) is 12.2 Å². The van der Waals surface area contributed by atoms with E-state index < -0.39 is 0 Å². The van der Waals surface area contributed by atoms with Crippen LogP contribution >= 0.6 is 0 Å². The lowest BCUT2D eigenvalue weighted by molar-refractivity contribution is -0.122. The average Bonchev–Trinajstić information content (AvgIpc) is 3.49. The summed E-state index contributed by atoms with van der Waals surface area (Å²) in [6, 6.07) is 14.6. The van der Waals surface area contributed by atoms with Gasteiger partial charge < -0.3 is 9.80 Å². The summed E-state index contributed by atoms with van der Waals surface area (Å²) < 4.78 is 0. The zero-order valence-corrected chi connectivity index (χ0v) is 20.4. The maximum Gasteiger partial charge on any atom is 0.147 e. The Bertz CT molecular complexity index is 1340. The molecule has 1 saturated heterocycles. The highest BCUT2D eigenvalue weighted by Crippen LogP contribution is 2.28. The van der Waals surface area contributed by atoms with Crippen molar-refractivity contribution in [2.45, 2.75) is 32.1 Å². The van der Waals surface area contributed by atoms with Gasteiger partial charge in [-0.05, 0) is 41.7 Å². The standard InChI is InChI=1S/C29H30N6O/c36-27(23-3-1-2-4-23)17-21-5-7-22(8-6-21)24-9-10-25-26(18-24)33-29(20-32-25)35-15-13-34(14-16-35)28-19-30-11-12-31-28/h5-12,18-20,23H,1-4,13-17H2. The van der Waals surface area contributed by atoms with Gasteiger partial charge in [0.15, 0.2) is 0 Å². The lowest BCUT2D eigenvalue weighted by atomic mass is 9.95. The Kier molecular flexibility index (Phi) is 6.28. The third kappa shape index (κ3) is 4.78. The molecule has 36 heavy (non-hydrogen) atoms. The molecule has 1 saturated carbocycles. The molecule has 2 aliphatic rings. The van der Waals surface area contributed by atoms with Crippen LogP contribution in [0.15, 0.2) is 67.3 Å². The first-order valence-electron chi connectivity index (χ1n) is 12.9. The van der Waals surface area contributed by atoms with Crippen LogP contribution in [0.1, 0.15) is 31.2 Å². The highest BCUT2D eigenvalue weighted by molar-refractivity contribution is 5.84. The molecule has 0 atom stereocenters. The van der Waals surface area contributed by atoms with Gasteiger partial charge in [-0.3, -0.25) is 14.8 Å². The molecule has 0 radical (unpaired) electrons. The summed E-state index contributed by atoms with van der Waals surface area (Å²) in [6.45, 7) is 3.46. The molecule has 1 aliphatic carbocycles. The van der Waals surface area contributed by atoms with Gasteiger partial charge in [0.1, 0.15) is 17.4 Å². The van der Waals surface area contributed by atoms with Crippen LogP contribution in [0.4, 0.5) is 11.6 Å². The minimum Gasteiger partial charge on any atom is -0.352 e. The number of piperazine rings is 1. The molecule has 0 amide bonds. The highest BCUT2D eigenvalue weighted by atomic mass is 16.1. The topological polar surface area (TPSA) is 75.1 Å². The minimum absolute atomic E-state index is 0.271. The van der Waals surface area contributed by atoms with Gasteiger partial charge in [0.2, 0.25) is 0 Å². The van der Waals surface area contributed by atoms with Crippen molar-refractivity contribution < 1.29 is 4.79 Å². The highest BCUT2D eigenvalue weighted by Gasteiger charge is 2.22. The van der Waals surface area contributed by atoms with Crippen LogP contribution in [0, 0.1) is 5.92 Å². The fourth-order valence-corrected chi connectivity index (χ4v) is 5.36. The summed E-state index contributed by atoms with van der Waals surface area (Å²) in [5.74, 6) is 2.48. The van der Waals surface area contributed by atoms with E-state index in [4.69, 9.17) is 4.98 Å². The van der Waals surface area contributed by atoms with Gasteiger partial charge in [-0.1, -0.05) is 43.2 Å². The van der Waals surface area contributed by atoms with Crippen molar-refractivity contribution in [3.05, 3.63) is 72.8 Å². The normalized spacial score (nSPS) is 16.6. The predicted octanol–water partition coefficient (Wildman–Crippen LogP) is 4.72. The van der Waals surface area contributed by atoms with Crippen LogP contribution in [-0.4, -0.2) is 51.9 Å². The zero-order chi connectivity index (χ0) is 24.3. The van der Waals surface area contributed by atoms with Crippen LogP contribution < -0.4 is 9.80 Å². The van der Waals surface area contributed by atoms with E-state index in [0.717, 1.165) is 78.4 Å². The number of benzene rings is 2. The van der Waals surface area contributed by atoms with E-state index in [1.54, 1.807) is 12.4 Å². The Hall–Kier alpha value is -3.87. The quantitative estimate of drug-likeness (QED) is 0.397. The summed E-state index contributed by atoms with van der Waals surface area (Å²) in [5, 5.41) is 0. The zero-order valence-electron chi connectivity index (χ0n) is 20.4. The summed E-state index contributed by atoms with van der Waals surface area (Å²) in [6.07, 6.45) is 12.2. The fourth-order valence-electron chi connectivity index (χ4n) is 5.36. The summed E-state index contributed by atoms with van der Waals surface area (Å²) in [7, 11) is 0. The lowest BCUT2D eigenvalue weighted by Gasteiger charge is -2.35. The van der Waals surface area contributed by atoms with Crippen molar-refractivity contribution in [3.63, 3.8) is 0 Å². The Balaban J connectivity index is 1.15. The van der Waals surface area contributed by atoms with Crippen LogP contribution in [-0.2, 0) is 11.2 Å². The molecule has 6 rings (SSSR count). The van der Waals surface area contributed by atoms with Crippen LogP contribution in [0.25, 0.3) is 22.2 Å². The number of ketones is 1. The van der Waals surface area contributed by atoms with E-state index >= 15 is 0 Å². The number of Topliss-reactive ketones (excluding diaryl/α,β-unsaturated/α-hetero) is 1. The summed E-state index contributed by atoms with van der Waals surface area (Å²) in [4.78, 5) is 35.3. The van der Waals surface area contributed by atoms with Crippen molar-refractivity contribution in [2.75, 3.05) is 36.0 Å². The van der Waals surface area contributed by atoms with Crippen LogP contribution in [0.2, 0.25) is 0 Å². The number of nitrogens with zero attached hydrogens (tertiary/aromatic N) is 6. The van der Waals surface area contributed by atoms with Crippen molar-refractivity contribution >= 4 is 28.5 Å². The number of carbonyl (C=O) groups is 1. The van der Waals surface area contributed by atoms with Gasteiger partial charge in [0, 0.05) is 50.9 Å². The first kappa shape index (κ1) is 22.6. The van der Waals surface area contributed by atoms with Gasteiger partial charge in [0.05, 0.1) is 23.4 Å². The molecule has 0 N–H and O–H groups in total. The number of aromatic nitrogens is 4. The third-order valence-electron chi connectivity index (χ3n) is 7.48. The van der Waals surface area contributed by atoms with Gasteiger partial charge in [-0.25, -0.2) is 9.97 Å². The van der Waals surface area contributed by atoms with Crippen molar-refractivity contribution in [2.24, 2.45) is 5.92 Å². The lowest BCUT2D eigenvalue weighted by Crippen LogP contribution is -2.47. The predicted molar refractivity (Wildman–Crippen MR) is 142 cm³/mol. The van der Waals surface area contributed by atoms with E-state index in [2.05, 4.69) is 61.1 Å². The molecule has 2 fully saturated rings. The number of rotatable bonds is 6. The first-order chi connectivity index (χ1) is 17.7. The van der Waals surface area contributed by atoms with Crippen molar-refractivity contribution in [1.29, 1.82) is 0 Å². The molecule has 1 aliphatic heterocycles. The monoisotopic (exact) mass is 478 g/mol. The van der Waals surface area contributed by atoms with Crippen molar-refractivity contribution in [1.82, 2.24) is 19.9 Å². The van der Waals surface area contributed by atoms with Gasteiger partial charge in [-0.15, -0.1) is 0 Å². The smallest absolute Gasteiger partial charge is 0.147 e. The molecular formula is C29H30N6O. The molecule has 0 spiro atoms. The SMILES string of the molecule is O=C(Cc1ccc(-c2ccc3ncc(N4CCN(c5cnccn5)CC4)nc3c2)cc1)C1CCCC1. The molecular weight excluding hydrogens is 448 g/mol. The number of carbonyl (C=O) groups excluding carboxylic acids is 1. The molecule has 3 heterocycles. The van der Waals surface area contributed by atoms with E-state index in [-0.39, 0.29) is 5.92 Å². The second kappa shape index (κ2) is 10.0. The first-order valence-corrected chi connectivity index (χ1v) is 12.9. The molecule has 0 bridgehead atoms. The Labute approximate surface area is 211 Å². The van der Waals surface area contributed by atoms with E-state index in [9.17, 15) is 4.79 Å². The van der Waals surface area contributed by atoms with Crippen LogP contribution in [0.5, 0.6) is 0 Å². The number of hydrogen-bond acceptors (Lipinski definition) is 7. The van der Waals surface area contributed by atoms with E-state index in [1.165, 1.54) is 12.8 Å². The molecule has 2 aromatic carbocycles. The third-order valence-corrected chi connectivity index (χ3v) is 7.48. The second-order valence-electron chi connectivity index (χ2n) is 9.79. The second-order valence-corrected chi connectivity index (χ2v) is 9.79. The van der Waals surface area contributed by atoms with Gasteiger partial charge in [-0.2, -0.15) is 0 Å². The Morgan fingerprint density at radius 2 is 1.50 bits per heavy atom. The number of anilines is 2. The maximum absolute atomic E-state index is 12.5. The molecule has 7 heteroatoms.